The number of rotatable bonds is 6. The molecule has 2 aliphatic heterocycles. The van der Waals surface area contributed by atoms with Gasteiger partial charge >= 0.3 is 0 Å². The van der Waals surface area contributed by atoms with Gasteiger partial charge in [0.25, 0.3) is 5.91 Å². The number of nitrogens with zero attached hydrogens (tertiary/aromatic N) is 3. The van der Waals surface area contributed by atoms with Crippen molar-refractivity contribution < 1.29 is 14.3 Å². The van der Waals surface area contributed by atoms with Crippen LogP contribution in [-0.2, 0) is 0 Å². The fourth-order valence-corrected chi connectivity index (χ4v) is 4.50. The number of ether oxygens (including phenoxy) is 2. The molecule has 2 aromatic heterocycles. The van der Waals surface area contributed by atoms with Gasteiger partial charge in [0.2, 0.25) is 0 Å². The van der Waals surface area contributed by atoms with Crippen LogP contribution in [0.3, 0.4) is 0 Å². The Morgan fingerprint density at radius 3 is 2.70 bits per heavy atom. The lowest BCUT2D eigenvalue weighted by Crippen LogP contribution is -2.45. The second-order valence-corrected chi connectivity index (χ2v) is 9.03. The Balaban J connectivity index is 1.05. The van der Waals surface area contributed by atoms with Crippen molar-refractivity contribution >= 4 is 17.5 Å². The standard InChI is InChI=1S/C25H27ClN4O3/c26-20-4-5-22-23(13-20)33-21(17-32-22)16-29-11-7-18(8-12-29)14-28-25(31)19-3-6-24(27-15-19)30-9-1-2-10-30/h1-6,9-10,13,15,18,21H,7-8,11-12,14,16-17H2,(H,28,31). The van der Waals surface area contributed by atoms with Gasteiger partial charge in [0.1, 0.15) is 18.5 Å². The lowest BCUT2D eigenvalue weighted by molar-refractivity contribution is 0.0476. The fraction of sp³-hybridized carbons (Fsp3) is 0.360. The molecular formula is C25H27ClN4O3. The summed E-state index contributed by atoms with van der Waals surface area (Å²) in [4.78, 5) is 19.3. The van der Waals surface area contributed by atoms with E-state index >= 15 is 0 Å². The van der Waals surface area contributed by atoms with Crippen LogP contribution in [0.25, 0.3) is 5.82 Å². The van der Waals surface area contributed by atoms with Crippen molar-refractivity contribution in [3.05, 3.63) is 71.6 Å². The third kappa shape index (κ3) is 5.31. The Morgan fingerprint density at radius 1 is 1.12 bits per heavy atom. The van der Waals surface area contributed by atoms with E-state index in [9.17, 15) is 4.79 Å². The van der Waals surface area contributed by atoms with Crippen LogP contribution in [-0.4, -0.2) is 59.2 Å². The number of benzene rings is 1. The number of hydrogen-bond acceptors (Lipinski definition) is 5. The minimum absolute atomic E-state index is 0.00534. The van der Waals surface area contributed by atoms with Gasteiger partial charge in [-0.25, -0.2) is 4.98 Å². The molecule has 0 radical (unpaired) electrons. The minimum atomic E-state index is -0.0749. The molecule has 1 N–H and O–H groups in total. The van der Waals surface area contributed by atoms with Crippen LogP contribution in [0.15, 0.2) is 61.1 Å². The molecule has 1 amide bonds. The highest BCUT2D eigenvalue weighted by atomic mass is 35.5. The molecule has 5 rings (SSSR count). The summed E-state index contributed by atoms with van der Waals surface area (Å²) in [6, 6.07) is 13.0. The summed E-state index contributed by atoms with van der Waals surface area (Å²) < 4.78 is 13.8. The maximum Gasteiger partial charge on any atom is 0.252 e. The molecule has 0 spiro atoms. The molecule has 33 heavy (non-hydrogen) atoms. The highest BCUT2D eigenvalue weighted by Crippen LogP contribution is 2.34. The minimum Gasteiger partial charge on any atom is -0.486 e. The van der Waals surface area contributed by atoms with Crippen molar-refractivity contribution in [1.82, 2.24) is 19.8 Å². The average Bonchev–Trinajstić information content (AvgIpc) is 3.38. The third-order valence-corrected chi connectivity index (χ3v) is 6.46. The molecule has 8 heteroatoms. The van der Waals surface area contributed by atoms with E-state index in [0.29, 0.717) is 35.4 Å². The van der Waals surface area contributed by atoms with Gasteiger partial charge < -0.3 is 19.4 Å². The monoisotopic (exact) mass is 466 g/mol. The first-order chi connectivity index (χ1) is 16.1. The van der Waals surface area contributed by atoms with E-state index < -0.39 is 0 Å². The first-order valence-corrected chi connectivity index (χ1v) is 11.7. The molecule has 0 bridgehead atoms. The number of hydrogen-bond donors (Lipinski definition) is 1. The first kappa shape index (κ1) is 21.8. The molecule has 1 saturated heterocycles. The topological polar surface area (TPSA) is 68.6 Å². The number of carbonyl (C=O) groups is 1. The zero-order chi connectivity index (χ0) is 22.6. The smallest absolute Gasteiger partial charge is 0.252 e. The van der Waals surface area contributed by atoms with E-state index in [1.807, 2.05) is 59.4 Å². The number of piperidine rings is 1. The number of aromatic nitrogens is 2. The average molecular weight is 467 g/mol. The highest BCUT2D eigenvalue weighted by Gasteiger charge is 2.26. The van der Waals surface area contributed by atoms with E-state index in [0.717, 1.165) is 44.0 Å². The Bertz CT molecular complexity index is 1080. The van der Waals surface area contributed by atoms with Gasteiger partial charge in [-0.05, 0) is 68.2 Å². The molecule has 7 nitrogen and oxygen atoms in total. The quantitative estimate of drug-likeness (QED) is 0.598. The second kappa shape index (κ2) is 9.85. The molecule has 1 fully saturated rings. The Morgan fingerprint density at radius 2 is 1.94 bits per heavy atom. The number of halogens is 1. The predicted octanol–water partition coefficient (Wildman–Crippen LogP) is 3.81. The van der Waals surface area contributed by atoms with Gasteiger partial charge in [0, 0.05) is 42.8 Å². The molecule has 172 valence electrons. The van der Waals surface area contributed by atoms with Crippen LogP contribution in [0.5, 0.6) is 11.5 Å². The summed E-state index contributed by atoms with van der Waals surface area (Å²) in [6.45, 7) is 4.01. The summed E-state index contributed by atoms with van der Waals surface area (Å²) in [7, 11) is 0. The molecule has 1 aromatic carbocycles. The fourth-order valence-electron chi connectivity index (χ4n) is 4.34. The van der Waals surface area contributed by atoms with Crippen molar-refractivity contribution in [3.63, 3.8) is 0 Å². The van der Waals surface area contributed by atoms with Crippen LogP contribution in [0.1, 0.15) is 23.2 Å². The maximum atomic E-state index is 12.5. The van der Waals surface area contributed by atoms with Crippen molar-refractivity contribution in [1.29, 1.82) is 0 Å². The molecule has 2 aliphatic rings. The third-order valence-electron chi connectivity index (χ3n) is 6.22. The molecule has 1 atom stereocenters. The maximum absolute atomic E-state index is 12.5. The van der Waals surface area contributed by atoms with Crippen molar-refractivity contribution in [2.75, 3.05) is 32.8 Å². The van der Waals surface area contributed by atoms with Crippen LogP contribution in [0, 0.1) is 5.92 Å². The van der Waals surface area contributed by atoms with E-state index in [1.165, 1.54) is 0 Å². The summed E-state index contributed by atoms with van der Waals surface area (Å²) in [5.41, 5.74) is 0.582. The number of pyridine rings is 1. The van der Waals surface area contributed by atoms with Gasteiger partial charge in [-0.1, -0.05) is 11.6 Å². The van der Waals surface area contributed by atoms with E-state index in [2.05, 4.69) is 15.2 Å². The number of fused-ring (bicyclic) bond motifs is 1. The van der Waals surface area contributed by atoms with E-state index in [-0.39, 0.29) is 12.0 Å². The lowest BCUT2D eigenvalue weighted by Gasteiger charge is -2.35. The Labute approximate surface area is 198 Å². The Hall–Kier alpha value is -3.03. The summed E-state index contributed by atoms with van der Waals surface area (Å²) in [6.07, 6.45) is 7.56. The largest absolute Gasteiger partial charge is 0.486 e. The lowest BCUT2D eigenvalue weighted by atomic mass is 9.96. The van der Waals surface area contributed by atoms with Crippen LogP contribution >= 0.6 is 11.6 Å². The normalized spacial score (nSPS) is 18.8. The van der Waals surface area contributed by atoms with Crippen molar-refractivity contribution in [2.45, 2.75) is 18.9 Å². The van der Waals surface area contributed by atoms with E-state index in [1.54, 1.807) is 6.20 Å². The van der Waals surface area contributed by atoms with Gasteiger partial charge in [-0.2, -0.15) is 0 Å². The first-order valence-electron chi connectivity index (χ1n) is 11.3. The molecule has 4 heterocycles. The number of carbonyl (C=O) groups excluding carboxylic acids is 1. The molecule has 3 aromatic rings. The van der Waals surface area contributed by atoms with Gasteiger partial charge in [-0.15, -0.1) is 0 Å². The molecular weight excluding hydrogens is 440 g/mol. The zero-order valence-electron chi connectivity index (χ0n) is 18.3. The van der Waals surface area contributed by atoms with Crippen molar-refractivity contribution in [3.8, 4) is 17.3 Å². The molecule has 1 unspecified atom stereocenters. The number of likely N-dealkylation sites (tertiary alicyclic amines) is 1. The second-order valence-electron chi connectivity index (χ2n) is 8.59. The Kier molecular flexibility index (Phi) is 6.51. The van der Waals surface area contributed by atoms with Crippen LogP contribution in [0.2, 0.25) is 5.02 Å². The van der Waals surface area contributed by atoms with Gasteiger partial charge in [0.05, 0.1) is 5.56 Å². The zero-order valence-corrected chi connectivity index (χ0v) is 19.1. The number of nitrogens with one attached hydrogen (secondary N) is 1. The highest BCUT2D eigenvalue weighted by molar-refractivity contribution is 6.30. The van der Waals surface area contributed by atoms with E-state index in [4.69, 9.17) is 21.1 Å². The predicted molar refractivity (Wildman–Crippen MR) is 126 cm³/mol. The summed E-state index contributed by atoms with van der Waals surface area (Å²) >= 11 is 6.07. The summed E-state index contributed by atoms with van der Waals surface area (Å²) in [5.74, 6) is 2.66. The van der Waals surface area contributed by atoms with Gasteiger partial charge in [-0.3, -0.25) is 9.69 Å². The van der Waals surface area contributed by atoms with Gasteiger partial charge in [0.15, 0.2) is 11.5 Å². The molecule has 0 aliphatic carbocycles. The summed E-state index contributed by atoms with van der Waals surface area (Å²) in [5, 5.41) is 3.72. The number of amides is 1. The van der Waals surface area contributed by atoms with Crippen molar-refractivity contribution in [2.24, 2.45) is 5.92 Å². The van der Waals surface area contributed by atoms with Crippen LogP contribution in [0.4, 0.5) is 0 Å². The molecule has 0 saturated carbocycles. The SMILES string of the molecule is O=C(NCC1CCN(CC2COc3ccc(Cl)cc3O2)CC1)c1ccc(-n2cccc2)nc1. The van der Waals surface area contributed by atoms with Crippen LogP contribution < -0.4 is 14.8 Å².